The third-order valence-corrected chi connectivity index (χ3v) is 5.09. The Labute approximate surface area is 107 Å². The van der Waals surface area contributed by atoms with Crippen LogP contribution in [0.4, 0.5) is 5.95 Å². The van der Waals surface area contributed by atoms with Crippen molar-refractivity contribution in [3.05, 3.63) is 12.4 Å². The highest BCUT2D eigenvalue weighted by Crippen LogP contribution is 2.28. The minimum atomic E-state index is -3.45. The lowest BCUT2D eigenvalue weighted by atomic mass is 9.94. The third-order valence-electron chi connectivity index (χ3n) is 3.23. The van der Waals surface area contributed by atoms with E-state index in [1.807, 2.05) is 6.92 Å². The summed E-state index contributed by atoms with van der Waals surface area (Å²) in [5, 5.41) is 2.93. The summed E-state index contributed by atoms with van der Waals surface area (Å²) >= 11 is 0. The zero-order chi connectivity index (χ0) is 13.2. The van der Waals surface area contributed by atoms with Crippen LogP contribution in [0.3, 0.4) is 0 Å². The van der Waals surface area contributed by atoms with Crippen LogP contribution in [-0.4, -0.2) is 42.3 Å². The lowest BCUT2D eigenvalue weighted by Crippen LogP contribution is -2.41. The quantitative estimate of drug-likeness (QED) is 0.866. The average molecular weight is 270 g/mol. The van der Waals surface area contributed by atoms with Crippen LogP contribution in [0.25, 0.3) is 0 Å². The molecule has 0 amide bonds. The number of aromatic nitrogens is 2. The molecule has 0 unspecified atom stereocenters. The molecule has 7 heteroatoms. The summed E-state index contributed by atoms with van der Waals surface area (Å²) < 4.78 is 26.0. The van der Waals surface area contributed by atoms with E-state index >= 15 is 0 Å². The van der Waals surface area contributed by atoms with Gasteiger partial charge in [-0.15, -0.1) is 0 Å². The van der Waals surface area contributed by atoms with Gasteiger partial charge in [-0.2, -0.15) is 4.31 Å². The molecule has 0 aliphatic heterocycles. The average Bonchev–Trinajstić information content (AvgIpc) is 2.28. The molecule has 1 aromatic rings. The molecule has 0 bridgehead atoms. The van der Waals surface area contributed by atoms with Gasteiger partial charge in [-0.3, -0.25) is 0 Å². The van der Waals surface area contributed by atoms with E-state index in [9.17, 15) is 8.42 Å². The molecule has 1 fully saturated rings. The fraction of sp³-hybridized carbons (Fsp3) is 0.636. The van der Waals surface area contributed by atoms with E-state index < -0.39 is 10.0 Å². The van der Waals surface area contributed by atoms with Crippen LogP contribution < -0.4 is 5.32 Å². The molecule has 0 aromatic carbocycles. The molecule has 2 rings (SSSR count). The van der Waals surface area contributed by atoms with Gasteiger partial charge in [-0.1, -0.05) is 6.42 Å². The highest BCUT2D eigenvalue weighted by Gasteiger charge is 2.32. The van der Waals surface area contributed by atoms with Crippen LogP contribution in [0.1, 0.15) is 26.2 Å². The van der Waals surface area contributed by atoms with E-state index in [2.05, 4.69) is 15.3 Å². The Balaban J connectivity index is 2.18. The zero-order valence-electron chi connectivity index (χ0n) is 10.6. The lowest BCUT2D eigenvalue weighted by Gasteiger charge is -2.33. The molecule has 0 saturated heterocycles. The Morgan fingerprint density at radius 1 is 1.39 bits per heavy atom. The zero-order valence-corrected chi connectivity index (χ0v) is 11.4. The second-order valence-corrected chi connectivity index (χ2v) is 6.38. The van der Waals surface area contributed by atoms with Gasteiger partial charge in [0.2, 0.25) is 16.0 Å². The number of anilines is 1. The number of rotatable bonds is 5. The van der Waals surface area contributed by atoms with Crippen molar-refractivity contribution in [2.45, 2.75) is 37.1 Å². The van der Waals surface area contributed by atoms with Crippen molar-refractivity contribution in [2.24, 2.45) is 0 Å². The minimum Gasteiger partial charge on any atom is -0.355 e. The standard InChI is InChI=1S/C11H18N4O2S/c1-3-12-11-13-7-10(8-14-11)18(16,17)15(2)9-5-4-6-9/h7-9H,3-6H2,1-2H3,(H,12,13,14). The van der Waals surface area contributed by atoms with E-state index in [4.69, 9.17) is 0 Å². The summed E-state index contributed by atoms with van der Waals surface area (Å²) in [6.07, 6.45) is 5.68. The molecule has 1 N–H and O–H groups in total. The molecule has 1 heterocycles. The molecule has 100 valence electrons. The van der Waals surface area contributed by atoms with Crippen molar-refractivity contribution >= 4 is 16.0 Å². The SMILES string of the molecule is CCNc1ncc(S(=O)(=O)N(C)C2CCC2)cn1. The molecular weight excluding hydrogens is 252 g/mol. The first-order valence-electron chi connectivity index (χ1n) is 6.09. The van der Waals surface area contributed by atoms with Crippen molar-refractivity contribution in [3.8, 4) is 0 Å². The van der Waals surface area contributed by atoms with Gasteiger partial charge in [-0.25, -0.2) is 18.4 Å². The van der Waals surface area contributed by atoms with Gasteiger partial charge in [0.05, 0.1) is 12.4 Å². The summed E-state index contributed by atoms with van der Waals surface area (Å²) in [6.45, 7) is 2.63. The summed E-state index contributed by atoms with van der Waals surface area (Å²) in [5.74, 6) is 0.447. The van der Waals surface area contributed by atoms with Crippen LogP contribution in [0.2, 0.25) is 0 Å². The Morgan fingerprint density at radius 3 is 2.44 bits per heavy atom. The molecule has 0 atom stereocenters. The fourth-order valence-corrected chi connectivity index (χ4v) is 3.12. The van der Waals surface area contributed by atoms with Crippen LogP contribution in [0.5, 0.6) is 0 Å². The maximum atomic E-state index is 12.3. The van der Waals surface area contributed by atoms with E-state index in [1.54, 1.807) is 7.05 Å². The first kappa shape index (κ1) is 13.2. The minimum absolute atomic E-state index is 0.128. The fourth-order valence-electron chi connectivity index (χ4n) is 1.81. The molecule has 6 nitrogen and oxygen atoms in total. The Kier molecular flexibility index (Phi) is 3.82. The lowest BCUT2D eigenvalue weighted by molar-refractivity contribution is 0.249. The summed E-state index contributed by atoms with van der Waals surface area (Å²) in [4.78, 5) is 8.14. The first-order chi connectivity index (χ1) is 8.55. The first-order valence-corrected chi connectivity index (χ1v) is 7.53. The van der Waals surface area contributed by atoms with Crippen molar-refractivity contribution in [2.75, 3.05) is 18.9 Å². The van der Waals surface area contributed by atoms with Crippen LogP contribution in [0, 0.1) is 0 Å². The predicted molar refractivity (Wildman–Crippen MR) is 68.8 cm³/mol. The topological polar surface area (TPSA) is 75.2 Å². The monoisotopic (exact) mass is 270 g/mol. The molecular formula is C11H18N4O2S. The third kappa shape index (κ3) is 2.46. The van der Waals surface area contributed by atoms with E-state index in [0.717, 1.165) is 19.3 Å². The van der Waals surface area contributed by atoms with E-state index in [1.165, 1.54) is 16.7 Å². The van der Waals surface area contributed by atoms with E-state index in [0.29, 0.717) is 12.5 Å². The van der Waals surface area contributed by atoms with Gasteiger partial charge in [0.15, 0.2) is 0 Å². The van der Waals surface area contributed by atoms with Gasteiger partial charge in [0.1, 0.15) is 4.90 Å². The molecule has 1 aliphatic carbocycles. The van der Waals surface area contributed by atoms with Gasteiger partial charge in [0, 0.05) is 19.6 Å². The number of sulfonamides is 1. The largest absolute Gasteiger partial charge is 0.355 e. The van der Waals surface area contributed by atoms with Crippen molar-refractivity contribution in [1.29, 1.82) is 0 Å². The van der Waals surface area contributed by atoms with Crippen molar-refractivity contribution < 1.29 is 8.42 Å². The van der Waals surface area contributed by atoms with Crippen molar-refractivity contribution in [1.82, 2.24) is 14.3 Å². The number of nitrogens with zero attached hydrogens (tertiary/aromatic N) is 3. The van der Waals surface area contributed by atoms with Gasteiger partial charge >= 0.3 is 0 Å². The van der Waals surface area contributed by atoms with Crippen LogP contribution in [-0.2, 0) is 10.0 Å². The Hall–Kier alpha value is -1.21. The molecule has 1 aliphatic rings. The van der Waals surface area contributed by atoms with E-state index in [-0.39, 0.29) is 10.9 Å². The van der Waals surface area contributed by atoms with Gasteiger partial charge < -0.3 is 5.32 Å². The van der Waals surface area contributed by atoms with Crippen molar-refractivity contribution in [3.63, 3.8) is 0 Å². The number of hydrogen-bond acceptors (Lipinski definition) is 5. The molecule has 1 saturated carbocycles. The Bertz CT molecular complexity index is 496. The maximum Gasteiger partial charge on any atom is 0.246 e. The normalized spacial score (nSPS) is 16.6. The highest BCUT2D eigenvalue weighted by molar-refractivity contribution is 7.89. The van der Waals surface area contributed by atoms with Crippen LogP contribution >= 0.6 is 0 Å². The second-order valence-electron chi connectivity index (χ2n) is 4.38. The van der Waals surface area contributed by atoms with Gasteiger partial charge in [0.25, 0.3) is 0 Å². The predicted octanol–water partition coefficient (Wildman–Crippen LogP) is 1.08. The maximum absolute atomic E-state index is 12.3. The summed E-state index contributed by atoms with van der Waals surface area (Å²) in [5.41, 5.74) is 0. The highest BCUT2D eigenvalue weighted by atomic mass is 32.2. The second kappa shape index (κ2) is 5.19. The molecule has 18 heavy (non-hydrogen) atoms. The number of nitrogens with one attached hydrogen (secondary N) is 1. The molecule has 1 aromatic heterocycles. The molecule has 0 radical (unpaired) electrons. The van der Waals surface area contributed by atoms with Gasteiger partial charge in [-0.05, 0) is 19.8 Å². The molecule has 0 spiro atoms. The van der Waals surface area contributed by atoms with Crippen LogP contribution in [0.15, 0.2) is 17.3 Å². The smallest absolute Gasteiger partial charge is 0.246 e. The summed E-state index contributed by atoms with van der Waals surface area (Å²) in [7, 11) is -1.83. The Morgan fingerprint density at radius 2 is 2.00 bits per heavy atom. The number of hydrogen-bond donors (Lipinski definition) is 1. The summed E-state index contributed by atoms with van der Waals surface area (Å²) in [6, 6.07) is 0.128.